The molecule has 0 aromatic carbocycles. The van der Waals surface area contributed by atoms with Crippen molar-refractivity contribution in [1.29, 1.82) is 0 Å². The second kappa shape index (κ2) is 5.68. The van der Waals surface area contributed by atoms with Gasteiger partial charge in [-0.15, -0.1) is 0 Å². The summed E-state index contributed by atoms with van der Waals surface area (Å²) >= 11 is 0. The first-order valence-corrected chi connectivity index (χ1v) is 6.89. The Balaban J connectivity index is 2.35. The van der Waals surface area contributed by atoms with Crippen LogP contribution in [0.2, 0.25) is 0 Å². The maximum Gasteiger partial charge on any atom is 0.0223 e. The van der Waals surface area contributed by atoms with Crippen LogP contribution in [0, 0.1) is 11.3 Å². The summed E-state index contributed by atoms with van der Waals surface area (Å²) < 4.78 is 0. The number of piperidine rings is 1. The zero-order chi connectivity index (χ0) is 13.1. The highest BCUT2D eigenvalue weighted by molar-refractivity contribution is 4.86. The van der Waals surface area contributed by atoms with Gasteiger partial charge in [-0.05, 0) is 58.2 Å². The van der Waals surface area contributed by atoms with Gasteiger partial charge in [0.15, 0.2) is 0 Å². The van der Waals surface area contributed by atoms with Gasteiger partial charge in [0, 0.05) is 18.6 Å². The van der Waals surface area contributed by atoms with Crippen molar-refractivity contribution in [1.82, 2.24) is 10.2 Å². The second-order valence-electron chi connectivity index (χ2n) is 7.16. The molecule has 0 spiro atoms. The number of nitrogens with one attached hydrogen (secondary N) is 1. The molecule has 0 bridgehead atoms. The fourth-order valence-corrected chi connectivity index (χ4v) is 2.64. The summed E-state index contributed by atoms with van der Waals surface area (Å²) in [7, 11) is 2.22. The average molecular weight is 241 g/mol. The van der Waals surface area contributed by atoms with Crippen LogP contribution >= 0.6 is 0 Å². The average Bonchev–Trinajstić information content (AvgIpc) is 2.15. The van der Waals surface area contributed by atoms with Crippen molar-refractivity contribution in [2.24, 2.45) is 17.1 Å². The van der Waals surface area contributed by atoms with E-state index in [1.54, 1.807) is 0 Å². The normalized spacial score (nSPS) is 20.8. The van der Waals surface area contributed by atoms with Crippen LogP contribution in [0.3, 0.4) is 0 Å². The predicted octanol–water partition coefficient (Wildman–Crippen LogP) is 1.68. The first-order chi connectivity index (χ1) is 7.71. The Morgan fingerprint density at radius 3 is 2.12 bits per heavy atom. The van der Waals surface area contributed by atoms with E-state index in [0.717, 1.165) is 19.0 Å². The fraction of sp³-hybridized carbons (Fsp3) is 1.00. The molecule has 3 heteroatoms. The number of likely N-dealkylation sites (tertiary alicyclic amines) is 1. The minimum Gasteiger partial charge on any atom is -0.324 e. The van der Waals surface area contributed by atoms with Gasteiger partial charge in [0.25, 0.3) is 0 Å². The van der Waals surface area contributed by atoms with Crippen molar-refractivity contribution in [3.63, 3.8) is 0 Å². The summed E-state index contributed by atoms with van der Waals surface area (Å²) in [5, 5.41) is 3.54. The largest absolute Gasteiger partial charge is 0.324 e. The number of rotatable bonds is 5. The molecule has 1 fully saturated rings. The molecular weight excluding hydrogens is 210 g/mol. The summed E-state index contributed by atoms with van der Waals surface area (Å²) in [5.41, 5.74) is 6.27. The van der Waals surface area contributed by atoms with E-state index in [1.807, 2.05) is 0 Å². The van der Waals surface area contributed by atoms with E-state index in [1.165, 1.54) is 25.9 Å². The zero-order valence-electron chi connectivity index (χ0n) is 12.3. The van der Waals surface area contributed by atoms with Crippen LogP contribution < -0.4 is 11.1 Å². The Morgan fingerprint density at radius 2 is 1.65 bits per heavy atom. The van der Waals surface area contributed by atoms with Gasteiger partial charge in [0.2, 0.25) is 0 Å². The van der Waals surface area contributed by atoms with Crippen LogP contribution in [0.25, 0.3) is 0 Å². The standard InChI is InChI=1S/C14H31N3/c1-13(2,10-16-11-14(3,4)15)12-6-8-17(5)9-7-12/h12,16H,6-11,15H2,1-5H3. The summed E-state index contributed by atoms with van der Waals surface area (Å²) in [6.07, 6.45) is 2.66. The lowest BCUT2D eigenvalue weighted by atomic mass is 9.73. The van der Waals surface area contributed by atoms with E-state index in [9.17, 15) is 0 Å². The van der Waals surface area contributed by atoms with Crippen LogP contribution in [-0.2, 0) is 0 Å². The molecule has 0 atom stereocenters. The molecule has 0 unspecified atom stereocenters. The third-order valence-corrected chi connectivity index (χ3v) is 3.98. The van der Waals surface area contributed by atoms with Crippen molar-refractivity contribution >= 4 is 0 Å². The first kappa shape index (κ1) is 14.9. The third-order valence-electron chi connectivity index (χ3n) is 3.98. The van der Waals surface area contributed by atoms with E-state index in [0.29, 0.717) is 5.41 Å². The molecule has 0 radical (unpaired) electrons. The molecule has 1 saturated heterocycles. The second-order valence-corrected chi connectivity index (χ2v) is 7.16. The number of nitrogens with zero attached hydrogens (tertiary/aromatic N) is 1. The van der Waals surface area contributed by atoms with Gasteiger partial charge in [0.1, 0.15) is 0 Å². The molecule has 0 aromatic rings. The summed E-state index contributed by atoms with van der Waals surface area (Å²) in [6.45, 7) is 13.4. The number of nitrogens with two attached hydrogens (primary N) is 1. The van der Waals surface area contributed by atoms with Gasteiger partial charge in [-0.2, -0.15) is 0 Å². The molecule has 1 rings (SSSR count). The van der Waals surface area contributed by atoms with Crippen molar-refractivity contribution < 1.29 is 0 Å². The highest BCUT2D eigenvalue weighted by Gasteiger charge is 2.31. The van der Waals surface area contributed by atoms with E-state index < -0.39 is 0 Å². The molecule has 1 heterocycles. The van der Waals surface area contributed by atoms with Gasteiger partial charge >= 0.3 is 0 Å². The fourth-order valence-electron chi connectivity index (χ4n) is 2.64. The SMILES string of the molecule is CN1CCC(C(C)(C)CNCC(C)(C)N)CC1. The maximum atomic E-state index is 5.99. The van der Waals surface area contributed by atoms with Crippen LogP contribution in [0.5, 0.6) is 0 Å². The van der Waals surface area contributed by atoms with Gasteiger partial charge in [-0.25, -0.2) is 0 Å². The quantitative estimate of drug-likeness (QED) is 0.769. The van der Waals surface area contributed by atoms with Crippen LogP contribution in [-0.4, -0.2) is 43.7 Å². The van der Waals surface area contributed by atoms with E-state index in [2.05, 4.69) is 45.0 Å². The Kier molecular flexibility index (Phi) is 4.99. The topological polar surface area (TPSA) is 41.3 Å². The predicted molar refractivity (Wildman–Crippen MR) is 75.1 cm³/mol. The molecule has 0 aromatic heterocycles. The lowest BCUT2D eigenvalue weighted by Gasteiger charge is -2.40. The lowest BCUT2D eigenvalue weighted by Crippen LogP contribution is -2.47. The zero-order valence-corrected chi connectivity index (χ0v) is 12.3. The smallest absolute Gasteiger partial charge is 0.0223 e. The van der Waals surface area contributed by atoms with Gasteiger partial charge in [-0.3, -0.25) is 0 Å². The monoisotopic (exact) mass is 241 g/mol. The summed E-state index contributed by atoms with van der Waals surface area (Å²) in [4.78, 5) is 2.43. The molecule has 0 amide bonds. The van der Waals surface area contributed by atoms with E-state index in [-0.39, 0.29) is 5.54 Å². The maximum absolute atomic E-state index is 5.99. The molecule has 0 saturated carbocycles. The Morgan fingerprint density at radius 1 is 1.12 bits per heavy atom. The van der Waals surface area contributed by atoms with Crippen molar-refractivity contribution in [2.75, 3.05) is 33.2 Å². The van der Waals surface area contributed by atoms with Crippen LogP contribution in [0.1, 0.15) is 40.5 Å². The van der Waals surface area contributed by atoms with Crippen molar-refractivity contribution in [3.8, 4) is 0 Å². The molecule has 17 heavy (non-hydrogen) atoms. The molecule has 1 aliphatic heterocycles. The van der Waals surface area contributed by atoms with E-state index in [4.69, 9.17) is 5.73 Å². The van der Waals surface area contributed by atoms with Crippen LogP contribution in [0.15, 0.2) is 0 Å². The molecule has 0 aliphatic carbocycles. The lowest BCUT2D eigenvalue weighted by molar-refractivity contribution is 0.112. The van der Waals surface area contributed by atoms with Crippen molar-refractivity contribution in [3.05, 3.63) is 0 Å². The van der Waals surface area contributed by atoms with Gasteiger partial charge in [-0.1, -0.05) is 13.8 Å². The molecule has 1 aliphatic rings. The van der Waals surface area contributed by atoms with Crippen LogP contribution in [0.4, 0.5) is 0 Å². The number of hydrogen-bond donors (Lipinski definition) is 2. The molecule has 3 nitrogen and oxygen atoms in total. The summed E-state index contributed by atoms with van der Waals surface area (Å²) in [5.74, 6) is 0.840. The molecular formula is C14H31N3. The highest BCUT2D eigenvalue weighted by Crippen LogP contribution is 2.34. The van der Waals surface area contributed by atoms with E-state index >= 15 is 0 Å². The highest BCUT2D eigenvalue weighted by atomic mass is 15.1. The van der Waals surface area contributed by atoms with Crippen molar-refractivity contribution in [2.45, 2.75) is 46.1 Å². The van der Waals surface area contributed by atoms with Gasteiger partial charge < -0.3 is 16.0 Å². The summed E-state index contributed by atoms with van der Waals surface area (Å²) in [6, 6.07) is 0. The minimum absolute atomic E-state index is 0.108. The Bertz CT molecular complexity index is 222. The third kappa shape index (κ3) is 5.36. The Hall–Kier alpha value is -0.120. The molecule has 3 N–H and O–H groups in total. The molecule has 102 valence electrons. The van der Waals surface area contributed by atoms with Gasteiger partial charge in [0.05, 0.1) is 0 Å². The first-order valence-electron chi connectivity index (χ1n) is 6.89. The number of hydrogen-bond acceptors (Lipinski definition) is 3. The Labute approximate surface area is 107 Å². The minimum atomic E-state index is -0.108.